The smallest absolute Gasteiger partial charge is 0.248 e. The van der Waals surface area contributed by atoms with Gasteiger partial charge < -0.3 is 29.3 Å². The second-order valence-corrected chi connectivity index (χ2v) is 12.6. The molecule has 5 rings (SSSR count). The van der Waals surface area contributed by atoms with Gasteiger partial charge in [0.15, 0.2) is 0 Å². The van der Waals surface area contributed by atoms with E-state index in [1.807, 2.05) is 43.0 Å². The molecule has 0 radical (unpaired) electrons. The van der Waals surface area contributed by atoms with Crippen molar-refractivity contribution in [2.24, 2.45) is 11.8 Å². The molecule has 1 saturated carbocycles. The Morgan fingerprint density at radius 1 is 1.09 bits per heavy atom. The van der Waals surface area contributed by atoms with Crippen molar-refractivity contribution in [2.45, 2.75) is 88.5 Å². The minimum Gasteiger partial charge on any atom is -0.494 e. The molecule has 4 fully saturated rings. The summed E-state index contributed by atoms with van der Waals surface area (Å²) in [6.45, 7) is 13.0. The number of amides is 3. The van der Waals surface area contributed by atoms with Crippen LogP contribution in [0.5, 0.6) is 5.75 Å². The largest absolute Gasteiger partial charge is 0.494 e. The van der Waals surface area contributed by atoms with Crippen molar-refractivity contribution < 1.29 is 29.0 Å². The summed E-state index contributed by atoms with van der Waals surface area (Å²) in [5, 5.41) is 9.70. The lowest BCUT2D eigenvalue weighted by molar-refractivity contribution is -0.153. The third kappa shape index (κ3) is 5.39. The second-order valence-electron chi connectivity index (χ2n) is 12.6. The maximum Gasteiger partial charge on any atom is 0.248 e. The zero-order valence-electron chi connectivity index (χ0n) is 25.7. The van der Waals surface area contributed by atoms with Crippen LogP contribution >= 0.6 is 0 Å². The molecule has 1 spiro atoms. The fraction of sp³-hybridized carbons (Fsp3) is 0.618. The summed E-state index contributed by atoms with van der Waals surface area (Å²) >= 11 is 0. The number of ether oxygens (including phenoxy) is 2. The Balaban J connectivity index is 1.52. The predicted octanol–water partition coefficient (Wildman–Crippen LogP) is 4.10. The molecule has 9 heteroatoms. The molecule has 43 heavy (non-hydrogen) atoms. The quantitative estimate of drug-likeness (QED) is 0.346. The number of anilines is 1. The third-order valence-electron chi connectivity index (χ3n) is 10.00. The number of nitrogens with zero attached hydrogens (tertiary/aromatic N) is 3. The lowest BCUT2D eigenvalue weighted by atomic mass is 9.66. The van der Waals surface area contributed by atoms with E-state index in [0.29, 0.717) is 43.9 Å². The Morgan fingerprint density at radius 2 is 1.79 bits per heavy atom. The molecule has 5 atom stereocenters. The van der Waals surface area contributed by atoms with Gasteiger partial charge in [-0.3, -0.25) is 14.4 Å². The summed E-state index contributed by atoms with van der Waals surface area (Å²) in [5.74, 6) is -1.43. The number of aliphatic hydroxyl groups excluding tert-OH is 1. The van der Waals surface area contributed by atoms with E-state index < -0.39 is 29.1 Å². The molecule has 3 heterocycles. The highest BCUT2D eigenvalue weighted by atomic mass is 16.5. The number of likely N-dealkylation sites (tertiary alicyclic amines) is 1. The summed E-state index contributed by atoms with van der Waals surface area (Å²) in [5.41, 5.74) is -1.32. The van der Waals surface area contributed by atoms with Gasteiger partial charge in [-0.05, 0) is 70.2 Å². The fourth-order valence-electron chi connectivity index (χ4n) is 8.18. The van der Waals surface area contributed by atoms with Gasteiger partial charge in [-0.1, -0.05) is 31.4 Å². The summed E-state index contributed by atoms with van der Waals surface area (Å²) in [4.78, 5) is 48.7. The van der Waals surface area contributed by atoms with Gasteiger partial charge in [0.2, 0.25) is 17.7 Å². The lowest BCUT2D eigenvalue weighted by Gasteiger charge is -2.40. The zero-order chi connectivity index (χ0) is 30.8. The number of rotatable bonds is 13. The van der Waals surface area contributed by atoms with Crippen LogP contribution in [0.4, 0.5) is 5.69 Å². The molecule has 3 saturated heterocycles. The second kappa shape index (κ2) is 12.8. The molecular formula is C34H47N3O6. The van der Waals surface area contributed by atoms with E-state index in [2.05, 4.69) is 13.2 Å². The first-order chi connectivity index (χ1) is 20.8. The van der Waals surface area contributed by atoms with Crippen LogP contribution in [0.3, 0.4) is 0 Å². The average molecular weight is 594 g/mol. The number of aliphatic hydroxyl groups is 1. The van der Waals surface area contributed by atoms with Crippen LogP contribution in [-0.4, -0.2) is 88.8 Å². The molecule has 3 aliphatic heterocycles. The Hall–Kier alpha value is -3.17. The number of fused-ring (bicyclic) bond motifs is 1. The third-order valence-corrected chi connectivity index (χ3v) is 10.00. The minimum absolute atomic E-state index is 0.0823. The Kier molecular flexibility index (Phi) is 9.32. The first kappa shape index (κ1) is 31.3. The lowest BCUT2D eigenvalue weighted by Crippen LogP contribution is -2.58. The molecule has 234 valence electrons. The van der Waals surface area contributed by atoms with Crippen LogP contribution in [0, 0.1) is 11.8 Å². The van der Waals surface area contributed by atoms with Crippen molar-refractivity contribution in [3.8, 4) is 5.75 Å². The average Bonchev–Trinajstić information content (AvgIpc) is 3.58. The van der Waals surface area contributed by atoms with E-state index in [1.54, 1.807) is 22.0 Å². The molecule has 0 aromatic heterocycles. The van der Waals surface area contributed by atoms with Gasteiger partial charge in [0.1, 0.15) is 17.4 Å². The normalized spacial score (nSPS) is 29.8. The Labute approximate surface area is 255 Å². The van der Waals surface area contributed by atoms with Crippen LogP contribution in [0.1, 0.15) is 65.2 Å². The summed E-state index contributed by atoms with van der Waals surface area (Å²) in [7, 11) is 0. The van der Waals surface area contributed by atoms with Crippen molar-refractivity contribution in [1.82, 2.24) is 9.80 Å². The van der Waals surface area contributed by atoms with Crippen molar-refractivity contribution >= 4 is 23.4 Å². The van der Waals surface area contributed by atoms with E-state index >= 15 is 0 Å². The van der Waals surface area contributed by atoms with Gasteiger partial charge in [-0.2, -0.15) is 0 Å². The van der Waals surface area contributed by atoms with Crippen LogP contribution in [0.25, 0.3) is 0 Å². The molecule has 2 unspecified atom stereocenters. The van der Waals surface area contributed by atoms with Gasteiger partial charge >= 0.3 is 0 Å². The van der Waals surface area contributed by atoms with Crippen molar-refractivity contribution in [3.63, 3.8) is 0 Å². The van der Waals surface area contributed by atoms with Crippen molar-refractivity contribution in [2.75, 3.05) is 37.7 Å². The van der Waals surface area contributed by atoms with Gasteiger partial charge in [0, 0.05) is 38.0 Å². The minimum atomic E-state index is -1.11. The number of benzene rings is 1. The molecular weight excluding hydrogens is 546 g/mol. The van der Waals surface area contributed by atoms with Crippen LogP contribution < -0.4 is 9.64 Å². The monoisotopic (exact) mass is 593 g/mol. The van der Waals surface area contributed by atoms with E-state index in [1.165, 1.54) is 0 Å². The number of carbonyl (C=O) groups excluding carboxylic acids is 3. The SMILES string of the molecule is C=CCN(C(=O)[C@@H]1[C@H]2C(=O)N(CCCO)C(C(=O)N(CC=C)C3CCCCC3)C23CC[C@@]1(C)O3)c1ccc(OCC)cc1. The molecule has 1 aliphatic carbocycles. The standard InChI is InChI=1S/C34H47N3O6/c1-5-20-35(25-14-16-26(17-15-25)42-7-3)30(39)27-28-31(40)37(22-11-23-38)29(34(28)19-18-33(27,4)43-34)32(41)36(21-6-2)24-12-9-8-10-13-24/h5-6,14-17,24,27-29,38H,1-2,7-13,18-23H2,3-4H3/t27-,28-,29?,33+,34?/m0/s1. The first-order valence-electron chi connectivity index (χ1n) is 15.9. The topological polar surface area (TPSA) is 99.6 Å². The molecule has 1 aromatic rings. The van der Waals surface area contributed by atoms with Crippen LogP contribution in [-0.2, 0) is 19.1 Å². The molecule has 1 N–H and O–H groups in total. The Morgan fingerprint density at radius 3 is 2.42 bits per heavy atom. The fourth-order valence-corrected chi connectivity index (χ4v) is 8.18. The van der Waals surface area contributed by atoms with Crippen LogP contribution in [0.2, 0.25) is 0 Å². The highest BCUT2D eigenvalue weighted by molar-refractivity contribution is 6.03. The highest BCUT2D eigenvalue weighted by Gasteiger charge is 2.78. The summed E-state index contributed by atoms with van der Waals surface area (Å²) in [6.07, 6.45) is 9.98. The first-order valence-corrected chi connectivity index (χ1v) is 15.9. The Bertz CT molecular complexity index is 1210. The maximum absolute atomic E-state index is 14.6. The number of carbonyl (C=O) groups is 3. The molecule has 2 bridgehead atoms. The zero-order valence-corrected chi connectivity index (χ0v) is 25.7. The molecule has 3 amide bonds. The van der Waals surface area contributed by atoms with Crippen molar-refractivity contribution in [3.05, 3.63) is 49.6 Å². The van der Waals surface area contributed by atoms with Crippen LogP contribution in [0.15, 0.2) is 49.6 Å². The van der Waals surface area contributed by atoms with E-state index in [9.17, 15) is 19.5 Å². The predicted molar refractivity (Wildman–Crippen MR) is 165 cm³/mol. The van der Waals surface area contributed by atoms with E-state index in [-0.39, 0.29) is 43.5 Å². The molecule has 9 nitrogen and oxygen atoms in total. The van der Waals surface area contributed by atoms with Crippen molar-refractivity contribution in [1.29, 1.82) is 0 Å². The summed E-state index contributed by atoms with van der Waals surface area (Å²) in [6, 6.07) is 6.57. The highest BCUT2D eigenvalue weighted by Crippen LogP contribution is 2.63. The maximum atomic E-state index is 14.6. The number of hydrogen-bond acceptors (Lipinski definition) is 6. The summed E-state index contributed by atoms with van der Waals surface area (Å²) < 4.78 is 12.5. The van der Waals surface area contributed by atoms with Gasteiger partial charge in [0.25, 0.3) is 0 Å². The molecule has 4 aliphatic rings. The van der Waals surface area contributed by atoms with E-state index in [4.69, 9.17) is 9.47 Å². The number of hydrogen-bond donors (Lipinski definition) is 1. The van der Waals surface area contributed by atoms with Gasteiger partial charge in [-0.25, -0.2) is 0 Å². The van der Waals surface area contributed by atoms with E-state index in [0.717, 1.165) is 32.1 Å². The van der Waals surface area contributed by atoms with Gasteiger partial charge in [-0.15, -0.1) is 13.2 Å². The molecule has 1 aromatic carbocycles. The van der Waals surface area contributed by atoms with Gasteiger partial charge in [0.05, 0.1) is 24.0 Å².